The molecule has 20 heavy (non-hydrogen) atoms. The Bertz CT molecular complexity index is 717. The Morgan fingerprint density at radius 2 is 2.20 bits per heavy atom. The van der Waals surface area contributed by atoms with Crippen LogP contribution in [0.1, 0.15) is 11.3 Å². The van der Waals surface area contributed by atoms with Gasteiger partial charge in [0.2, 0.25) is 5.95 Å². The van der Waals surface area contributed by atoms with Crippen molar-refractivity contribution in [3.8, 4) is 5.95 Å². The summed E-state index contributed by atoms with van der Waals surface area (Å²) in [5.74, 6) is 0.508. The number of rotatable bonds is 4. The maximum absolute atomic E-state index is 9.40. The van der Waals surface area contributed by atoms with Gasteiger partial charge in [-0.05, 0) is 12.1 Å². The van der Waals surface area contributed by atoms with Gasteiger partial charge >= 0.3 is 0 Å². The summed E-state index contributed by atoms with van der Waals surface area (Å²) in [4.78, 5) is 7.57. The number of fused-ring (bicyclic) bond motifs is 1. The molecule has 6 nitrogen and oxygen atoms in total. The predicted octanol–water partition coefficient (Wildman–Crippen LogP) is 2.04. The van der Waals surface area contributed by atoms with Crippen LogP contribution in [0, 0.1) is 0 Å². The average molecular weight is 293 g/mol. The van der Waals surface area contributed by atoms with Crippen LogP contribution in [0.4, 0.5) is 0 Å². The molecule has 0 amide bonds. The molecular weight excluding hydrogens is 280 g/mol. The summed E-state index contributed by atoms with van der Waals surface area (Å²) in [7, 11) is 1.56. The number of halogens is 1. The first kappa shape index (κ1) is 13.1. The Morgan fingerprint density at radius 3 is 2.90 bits per heavy atom. The second kappa shape index (κ2) is 5.24. The molecule has 2 N–H and O–H groups in total. The van der Waals surface area contributed by atoms with E-state index in [1.165, 1.54) is 4.68 Å². The third-order valence-corrected chi connectivity index (χ3v) is 3.41. The lowest BCUT2D eigenvalue weighted by molar-refractivity contribution is 0.178. The minimum absolute atomic E-state index is 0.197. The smallest absolute Gasteiger partial charge is 0.230 e. The van der Waals surface area contributed by atoms with Crippen LogP contribution in [-0.2, 0) is 18.0 Å². The highest BCUT2D eigenvalue weighted by atomic mass is 35.5. The van der Waals surface area contributed by atoms with E-state index >= 15 is 0 Å². The lowest BCUT2D eigenvalue weighted by atomic mass is 10.3. The molecule has 0 aliphatic rings. The Kier molecular flexibility index (Phi) is 3.43. The number of aromatic nitrogens is 4. The van der Waals surface area contributed by atoms with Crippen LogP contribution in [-0.4, -0.2) is 32.0 Å². The number of aromatic amines is 1. The van der Waals surface area contributed by atoms with Gasteiger partial charge in [-0.25, -0.2) is 4.98 Å². The molecule has 1 aromatic carbocycles. The molecule has 0 bridgehead atoms. The highest BCUT2D eigenvalue weighted by Crippen LogP contribution is 2.24. The summed E-state index contributed by atoms with van der Waals surface area (Å²) in [6, 6.07) is 7.65. The van der Waals surface area contributed by atoms with Crippen LogP contribution in [0.2, 0.25) is 5.15 Å². The van der Waals surface area contributed by atoms with E-state index in [0.717, 1.165) is 11.0 Å². The number of para-hydroxylation sites is 2. The van der Waals surface area contributed by atoms with E-state index in [9.17, 15) is 5.11 Å². The molecule has 104 valence electrons. The summed E-state index contributed by atoms with van der Waals surface area (Å²) in [6.45, 7) is 0.0839. The van der Waals surface area contributed by atoms with Crippen LogP contribution in [0.25, 0.3) is 17.0 Å². The third-order valence-electron chi connectivity index (χ3n) is 3.02. The zero-order chi connectivity index (χ0) is 14.1. The van der Waals surface area contributed by atoms with Crippen molar-refractivity contribution < 1.29 is 9.84 Å². The molecule has 7 heteroatoms. The maximum Gasteiger partial charge on any atom is 0.230 e. The number of aliphatic hydroxyl groups is 1. The number of hydrogen-bond donors (Lipinski definition) is 2. The number of methoxy groups -OCH3 is 1. The van der Waals surface area contributed by atoms with Crippen molar-refractivity contribution in [2.75, 3.05) is 7.11 Å². The summed E-state index contributed by atoms with van der Waals surface area (Å²) >= 11 is 6.25. The van der Waals surface area contributed by atoms with Crippen molar-refractivity contribution in [3.05, 3.63) is 40.7 Å². The first-order chi connectivity index (χ1) is 9.74. The summed E-state index contributed by atoms with van der Waals surface area (Å²) in [6.07, 6.45) is 0. The first-order valence-electron chi connectivity index (χ1n) is 6.05. The minimum atomic E-state index is -0.197. The van der Waals surface area contributed by atoms with Gasteiger partial charge in [0.1, 0.15) is 5.15 Å². The number of H-pyrrole nitrogens is 1. The Hall–Kier alpha value is -1.89. The lowest BCUT2D eigenvalue weighted by Gasteiger charge is -1.97. The third kappa shape index (κ3) is 2.07. The molecule has 0 fully saturated rings. The molecule has 0 radical (unpaired) electrons. The van der Waals surface area contributed by atoms with Crippen molar-refractivity contribution in [2.45, 2.75) is 13.2 Å². The quantitative estimate of drug-likeness (QED) is 0.771. The Balaban J connectivity index is 2.13. The number of hydrogen-bond acceptors (Lipinski definition) is 4. The van der Waals surface area contributed by atoms with E-state index in [-0.39, 0.29) is 13.2 Å². The number of nitrogens with zero attached hydrogens (tertiary/aromatic N) is 3. The van der Waals surface area contributed by atoms with Crippen molar-refractivity contribution >= 4 is 22.6 Å². The predicted molar refractivity (Wildman–Crippen MR) is 74.9 cm³/mol. The van der Waals surface area contributed by atoms with Crippen molar-refractivity contribution in [1.82, 2.24) is 19.7 Å². The SMILES string of the molecule is COCc1nn(-c2nc3ccccc3[nH]2)c(Cl)c1CO. The van der Waals surface area contributed by atoms with Gasteiger partial charge in [-0.2, -0.15) is 9.78 Å². The van der Waals surface area contributed by atoms with E-state index < -0.39 is 0 Å². The molecule has 0 aliphatic carbocycles. The molecule has 3 aromatic rings. The van der Waals surface area contributed by atoms with Crippen LogP contribution in [0.3, 0.4) is 0 Å². The van der Waals surface area contributed by atoms with E-state index in [0.29, 0.717) is 22.4 Å². The number of aliphatic hydroxyl groups excluding tert-OH is 1. The van der Waals surface area contributed by atoms with E-state index in [4.69, 9.17) is 16.3 Å². The highest BCUT2D eigenvalue weighted by Gasteiger charge is 2.18. The second-order valence-electron chi connectivity index (χ2n) is 4.30. The number of ether oxygens (including phenoxy) is 1. The van der Waals surface area contributed by atoms with Gasteiger partial charge in [-0.1, -0.05) is 23.7 Å². The molecule has 3 rings (SSSR count). The van der Waals surface area contributed by atoms with E-state index in [1.54, 1.807) is 7.11 Å². The first-order valence-corrected chi connectivity index (χ1v) is 6.43. The molecule has 2 aromatic heterocycles. The Morgan fingerprint density at radius 1 is 1.40 bits per heavy atom. The van der Waals surface area contributed by atoms with Gasteiger partial charge in [0.15, 0.2) is 0 Å². The van der Waals surface area contributed by atoms with Gasteiger partial charge in [0.25, 0.3) is 0 Å². The van der Waals surface area contributed by atoms with E-state index in [1.807, 2.05) is 24.3 Å². The normalized spacial score (nSPS) is 11.3. The zero-order valence-electron chi connectivity index (χ0n) is 10.8. The molecule has 2 heterocycles. The van der Waals surface area contributed by atoms with Gasteiger partial charge < -0.3 is 14.8 Å². The summed E-state index contributed by atoms with van der Waals surface area (Å²) in [5.41, 5.74) is 2.87. The van der Waals surface area contributed by atoms with Crippen molar-refractivity contribution in [1.29, 1.82) is 0 Å². The van der Waals surface area contributed by atoms with Gasteiger partial charge in [0.05, 0.1) is 29.9 Å². The number of benzene rings is 1. The number of imidazole rings is 1. The van der Waals surface area contributed by atoms with Gasteiger partial charge in [-0.15, -0.1) is 0 Å². The average Bonchev–Trinajstić information content (AvgIpc) is 3.00. The molecule has 0 atom stereocenters. The Labute approximate surface area is 120 Å². The maximum atomic E-state index is 9.40. The fraction of sp³-hybridized carbons (Fsp3) is 0.231. The van der Waals surface area contributed by atoms with Crippen LogP contribution < -0.4 is 0 Å². The fourth-order valence-electron chi connectivity index (χ4n) is 2.06. The van der Waals surface area contributed by atoms with Gasteiger partial charge in [-0.3, -0.25) is 0 Å². The molecule has 0 aliphatic heterocycles. The largest absolute Gasteiger partial charge is 0.391 e. The molecule has 0 spiro atoms. The van der Waals surface area contributed by atoms with Crippen molar-refractivity contribution in [3.63, 3.8) is 0 Å². The molecule has 0 saturated carbocycles. The minimum Gasteiger partial charge on any atom is -0.391 e. The second-order valence-corrected chi connectivity index (χ2v) is 4.65. The number of nitrogens with one attached hydrogen (secondary N) is 1. The summed E-state index contributed by atoms with van der Waals surface area (Å²) < 4.78 is 6.53. The summed E-state index contributed by atoms with van der Waals surface area (Å²) in [5, 5.41) is 14.1. The fourth-order valence-corrected chi connectivity index (χ4v) is 2.35. The van der Waals surface area contributed by atoms with E-state index in [2.05, 4.69) is 15.1 Å². The monoisotopic (exact) mass is 292 g/mol. The highest BCUT2D eigenvalue weighted by molar-refractivity contribution is 6.30. The molecular formula is C13H13ClN4O2. The topological polar surface area (TPSA) is 76.0 Å². The lowest BCUT2D eigenvalue weighted by Crippen LogP contribution is -2.00. The van der Waals surface area contributed by atoms with Gasteiger partial charge in [0, 0.05) is 12.7 Å². The zero-order valence-corrected chi connectivity index (χ0v) is 11.6. The molecule has 0 saturated heterocycles. The van der Waals surface area contributed by atoms with Crippen LogP contribution >= 0.6 is 11.6 Å². The standard InChI is InChI=1S/C13H13ClN4O2/c1-20-7-11-8(6-19)12(14)18(17-11)13-15-9-4-2-3-5-10(9)16-13/h2-5,19H,6-7H2,1H3,(H,15,16). The van der Waals surface area contributed by atoms with Crippen LogP contribution in [0.15, 0.2) is 24.3 Å². The molecule has 0 unspecified atom stereocenters. The van der Waals surface area contributed by atoms with Crippen molar-refractivity contribution in [2.24, 2.45) is 0 Å². The van der Waals surface area contributed by atoms with Crippen LogP contribution in [0.5, 0.6) is 0 Å².